The van der Waals surface area contributed by atoms with Crippen LogP contribution in [0.5, 0.6) is 0 Å². The summed E-state index contributed by atoms with van der Waals surface area (Å²) in [7, 11) is 1.74. The number of ether oxygens (including phenoxy) is 1. The molecule has 0 saturated heterocycles. The molecule has 1 nitrogen and oxygen atoms in total. The highest BCUT2D eigenvalue weighted by Gasteiger charge is 2.19. The lowest BCUT2D eigenvalue weighted by molar-refractivity contribution is -0.603. The van der Waals surface area contributed by atoms with Crippen LogP contribution < -0.4 is 42.4 Å². The van der Waals surface area contributed by atoms with E-state index in [2.05, 4.69) is 78.9 Å². The van der Waals surface area contributed by atoms with E-state index in [-0.39, 0.29) is 42.4 Å². The molecule has 0 unspecified atom stereocenters. The third-order valence-electron chi connectivity index (χ3n) is 3.20. The fraction of sp³-hybridized carbons (Fsp3) is 0.100. The Morgan fingerprint density at radius 3 is 1.52 bits per heavy atom. The Balaban J connectivity index is 1.63. The summed E-state index contributed by atoms with van der Waals surface area (Å²) in [5.74, 6) is 0. The van der Waals surface area contributed by atoms with Gasteiger partial charge in [-0.2, -0.15) is 0 Å². The van der Waals surface area contributed by atoms with Crippen molar-refractivity contribution in [1.29, 1.82) is 0 Å². The average Bonchev–Trinajstić information content (AvgIpc) is 2.60. The Labute approximate surface area is 158 Å². The van der Waals surface area contributed by atoms with Gasteiger partial charge in [0.1, 0.15) is 0 Å². The van der Waals surface area contributed by atoms with Gasteiger partial charge in [0.25, 0.3) is 0 Å². The SMILES string of the molecule is COCc1ccc([I+]c2ccc([I+]c3ccccc3)cc2)cc1. The smallest absolute Gasteiger partial charge is 0.357 e. The highest BCUT2D eigenvalue weighted by molar-refractivity contribution is 5.13. The molecule has 0 heterocycles. The lowest BCUT2D eigenvalue weighted by Gasteiger charge is -1.96. The first-order valence-corrected chi connectivity index (χ1v) is 11.7. The summed E-state index contributed by atoms with van der Waals surface area (Å²) in [6.45, 7) is 0.691. The minimum atomic E-state index is -0.0957. The van der Waals surface area contributed by atoms with Gasteiger partial charge in [0, 0.05) is 7.11 Å². The first-order valence-electron chi connectivity index (χ1n) is 7.36. The third kappa shape index (κ3) is 5.29. The normalized spacial score (nSPS) is 10.7. The van der Waals surface area contributed by atoms with E-state index in [1.165, 1.54) is 19.8 Å². The molecule has 23 heavy (non-hydrogen) atoms. The first kappa shape index (κ1) is 16.9. The predicted octanol–water partition coefficient (Wildman–Crippen LogP) is -1.91. The van der Waals surface area contributed by atoms with E-state index in [0.717, 1.165) is 0 Å². The Kier molecular flexibility index (Phi) is 6.47. The van der Waals surface area contributed by atoms with E-state index in [0.29, 0.717) is 6.61 Å². The molecule has 0 aromatic heterocycles. The van der Waals surface area contributed by atoms with Gasteiger partial charge in [-0.05, 0) is 54.1 Å². The molecule has 0 radical (unpaired) electrons. The Hall–Kier alpha value is -0.920. The van der Waals surface area contributed by atoms with Gasteiger partial charge in [0.2, 0.25) is 0 Å². The molecule has 0 saturated carbocycles. The van der Waals surface area contributed by atoms with Crippen LogP contribution in [0.3, 0.4) is 0 Å². The summed E-state index contributed by atoms with van der Waals surface area (Å²) < 4.78 is 11.0. The maximum atomic E-state index is 5.16. The summed E-state index contributed by atoms with van der Waals surface area (Å²) in [6, 6.07) is 28.9. The standard InChI is InChI=1S/C20H18I2O/c1-23-15-16-7-9-18(10-8-16)22-20-13-11-19(12-14-20)21-17-5-3-2-4-6-17/h2-14H,15H2,1H3/q+2. The molecule has 3 heteroatoms. The van der Waals surface area contributed by atoms with Gasteiger partial charge < -0.3 is 4.74 Å². The van der Waals surface area contributed by atoms with E-state index in [9.17, 15) is 0 Å². The Bertz CT molecular complexity index is 722. The van der Waals surface area contributed by atoms with Crippen LogP contribution in [0.2, 0.25) is 0 Å². The maximum absolute atomic E-state index is 5.16. The van der Waals surface area contributed by atoms with Crippen LogP contribution in [0.4, 0.5) is 0 Å². The number of benzene rings is 3. The lowest BCUT2D eigenvalue weighted by atomic mass is 10.2. The zero-order valence-corrected chi connectivity index (χ0v) is 17.2. The Morgan fingerprint density at radius 1 is 0.609 bits per heavy atom. The van der Waals surface area contributed by atoms with Crippen molar-refractivity contribution in [3.05, 3.63) is 98.7 Å². The molecule has 0 N–H and O–H groups in total. The Morgan fingerprint density at radius 2 is 1.04 bits per heavy atom. The van der Waals surface area contributed by atoms with Crippen molar-refractivity contribution in [3.63, 3.8) is 0 Å². The predicted molar refractivity (Wildman–Crippen MR) is 84.8 cm³/mol. The van der Waals surface area contributed by atoms with Gasteiger partial charge in [-0.3, -0.25) is 0 Å². The highest BCUT2D eigenvalue weighted by Crippen LogP contribution is 1.99. The number of rotatable bonds is 6. The molecule has 0 amide bonds. The van der Waals surface area contributed by atoms with Crippen molar-refractivity contribution in [1.82, 2.24) is 0 Å². The number of hydrogen-bond donors (Lipinski definition) is 0. The van der Waals surface area contributed by atoms with E-state index < -0.39 is 0 Å². The fourth-order valence-corrected chi connectivity index (χ4v) is 6.47. The van der Waals surface area contributed by atoms with Crippen molar-refractivity contribution < 1.29 is 47.1 Å². The summed E-state index contributed by atoms with van der Waals surface area (Å²) in [5.41, 5.74) is 1.24. The van der Waals surface area contributed by atoms with E-state index >= 15 is 0 Å². The molecule has 3 aromatic carbocycles. The average molecular weight is 528 g/mol. The summed E-state index contributed by atoms with van der Waals surface area (Å²) in [5, 5.41) is 0. The molecule has 3 aromatic rings. The van der Waals surface area contributed by atoms with Crippen LogP contribution in [-0.2, 0) is 11.3 Å². The van der Waals surface area contributed by atoms with Crippen LogP contribution in [0, 0.1) is 14.3 Å². The minimum Gasteiger partial charge on any atom is -0.380 e. The number of methoxy groups -OCH3 is 1. The zero-order chi connectivity index (χ0) is 15.9. The molecule has 0 spiro atoms. The largest absolute Gasteiger partial charge is 0.380 e. The summed E-state index contributed by atoms with van der Waals surface area (Å²) in [4.78, 5) is 0. The quantitative estimate of drug-likeness (QED) is 0.340. The third-order valence-corrected chi connectivity index (χ3v) is 8.57. The van der Waals surface area contributed by atoms with Gasteiger partial charge in [0.05, 0.1) is 6.61 Å². The zero-order valence-electron chi connectivity index (χ0n) is 12.9. The molecule has 0 aliphatic carbocycles. The second kappa shape index (κ2) is 8.80. The number of hydrogen-bond acceptors (Lipinski definition) is 1. The molecule has 0 bridgehead atoms. The molecule has 0 atom stereocenters. The molecule has 3 rings (SSSR count). The van der Waals surface area contributed by atoms with Crippen LogP contribution >= 0.6 is 0 Å². The second-order valence-corrected chi connectivity index (χ2v) is 11.0. The van der Waals surface area contributed by atoms with Gasteiger partial charge in [-0.25, -0.2) is 0 Å². The second-order valence-electron chi connectivity index (χ2n) is 4.98. The molecule has 116 valence electrons. The molecule has 0 aliphatic rings. The van der Waals surface area contributed by atoms with Crippen LogP contribution in [-0.4, -0.2) is 7.11 Å². The molecule has 0 aliphatic heterocycles. The van der Waals surface area contributed by atoms with Crippen molar-refractivity contribution in [2.24, 2.45) is 0 Å². The van der Waals surface area contributed by atoms with Gasteiger partial charge in [-0.15, -0.1) is 0 Å². The first-order chi connectivity index (χ1) is 11.3. The van der Waals surface area contributed by atoms with E-state index in [1.807, 2.05) is 0 Å². The summed E-state index contributed by atoms with van der Waals surface area (Å²) in [6.07, 6.45) is 0. The van der Waals surface area contributed by atoms with Crippen LogP contribution in [0.1, 0.15) is 5.56 Å². The maximum Gasteiger partial charge on any atom is 0.357 e. The molecular formula is C20H18I2O+2. The topological polar surface area (TPSA) is 9.23 Å². The highest BCUT2D eigenvalue weighted by atomic mass is 127. The van der Waals surface area contributed by atoms with Crippen molar-refractivity contribution in [2.75, 3.05) is 7.11 Å². The lowest BCUT2D eigenvalue weighted by Crippen LogP contribution is -3.62. The van der Waals surface area contributed by atoms with E-state index in [4.69, 9.17) is 4.74 Å². The number of halogens is 2. The van der Waals surface area contributed by atoms with Crippen molar-refractivity contribution in [2.45, 2.75) is 6.61 Å². The van der Waals surface area contributed by atoms with Crippen LogP contribution in [0.25, 0.3) is 0 Å². The fourth-order valence-electron chi connectivity index (χ4n) is 2.10. The minimum absolute atomic E-state index is 0.0552. The van der Waals surface area contributed by atoms with E-state index in [1.54, 1.807) is 7.11 Å². The molecule has 0 fully saturated rings. The summed E-state index contributed by atoms with van der Waals surface area (Å²) >= 11 is -0.151. The van der Waals surface area contributed by atoms with Crippen molar-refractivity contribution in [3.8, 4) is 0 Å². The van der Waals surface area contributed by atoms with Gasteiger partial charge >= 0.3 is 42.4 Å². The van der Waals surface area contributed by atoms with Gasteiger partial charge in [-0.1, -0.05) is 30.3 Å². The monoisotopic (exact) mass is 528 g/mol. The van der Waals surface area contributed by atoms with Crippen molar-refractivity contribution >= 4 is 0 Å². The van der Waals surface area contributed by atoms with Gasteiger partial charge in [0.15, 0.2) is 14.3 Å². The van der Waals surface area contributed by atoms with Crippen LogP contribution in [0.15, 0.2) is 78.9 Å². The molecular weight excluding hydrogens is 510 g/mol.